The van der Waals surface area contributed by atoms with E-state index in [9.17, 15) is 0 Å². The van der Waals surface area contributed by atoms with Gasteiger partial charge < -0.3 is 10.5 Å². The smallest absolute Gasteiger partial charge is 0.120 e. The minimum Gasteiger partial charge on any atom is -0.489 e. The van der Waals surface area contributed by atoms with E-state index in [4.69, 9.17) is 10.5 Å². The number of hydrogen-bond donors (Lipinski definition) is 1. The van der Waals surface area contributed by atoms with Gasteiger partial charge in [0.1, 0.15) is 12.4 Å². The standard InChI is InChI=1S/C18H23NO/c1-12-8-13(2)18(14(3)9-12)11-20-17-7-5-6-16(10-17)15(4)19/h5-10,15H,11,19H2,1-4H3/t15-/m1/s1. The summed E-state index contributed by atoms with van der Waals surface area (Å²) < 4.78 is 5.93. The van der Waals surface area contributed by atoms with Gasteiger partial charge in [-0.2, -0.15) is 0 Å². The first-order chi connectivity index (χ1) is 9.47. The molecule has 2 aromatic carbocycles. The van der Waals surface area contributed by atoms with Crippen LogP contribution in [-0.4, -0.2) is 0 Å². The molecule has 0 aliphatic rings. The van der Waals surface area contributed by atoms with E-state index in [1.165, 1.54) is 22.3 Å². The van der Waals surface area contributed by atoms with Crippen molar-refractivity contribution >= 4 is 0 Å². The molecule has 0 radical (unpaired) electrons. The Morgan fingerprint density at radius 2 is 1.70 bits per heavy atom. The van der Waals surface area contributed by atoms with Gasteiger partial charge in [0.25, 0.3) is 0 Å². The number of nitrogens with two attached hydrogens (primary N) is 1. The van der Waals surface area contributed by atoms with Crippen LogP contribution in [0.15, 0.2) is 36.4 Å². The lowest BCUT2D eigenvalue weighted by atomic mass is 10.0. The summed E-state index contributed by atoms with van der Waals surface area (Å²) in [7, 11) is 0. The molecule has 2 aromatic rings. The second kappa shape index (κ2) is 6.10. The zero-order valence-corrected chi connectivity index (χ0v) is 12.7. The number of benzene rings is 2. The summed E-state index contributed by atoms with van der Waals surface area (Å²) in [6.45, 7) is 8.97. The molecule has 0 aliphatic carbocycles. The van der Waals surface area contributed by atoms with Gasteiger partial charge in [-0.05, 0) is 62.1 Å². The Kier molecular flexibility index (Phi) is 4.46. The fraction of sp³-hybridized carbons (Fsp3) is 0.333. The van der Waals surface area contributed by atoms with Crippen LogP contribution in [0.1, 0.15) is 40.8 Å². The van der Waals surface area contributed by atoms with Gasteiger partial charge in [-0.15, -0.1) is 0 Å². The highest BCUT2D eigenvalue weighted by atomic mass is 16.5. The zero-order chi connectivity index (χ0) is 14.7. The third kappa shape index (κ3) is 3.40. The molecular formula is C18H23NO. The molecule has 2 nitrogen and oxygen atoms in total. The molecule has 0 heterocycles. The monoisotopic (exact) mass is 269 g/mol. The first kappa shape index (κ1) is 14.6. The number of aryl methyl sites for hydroxylation is 3. The van der Waals surface area contributed by atoms with Gasteiger partial charge in [-0.1, -0.05) is 29.8 Å². The van der Waals surface area contributed by atoms with Gasteiger partial charge in [0.15, 0.2) is 0 Å². The zero-order valence-electron chi connectivity index (χ0n) is 12.7. The topological polar surface area (TPSA) is 35.2 Å². The molecule has 2 heteroatoms. The molecule has 0 saturated carbocycles. The van der Waals surface area contributed by atoms with E-state index in [1.807, 2.05) is 31.2 Å². The van der Waals surface area contributed by atoms with Gasteiger partial charge in [-0.3, -0.25) is 0 Å². The van der Waals surface area contributed by atoms with Crippen molar-refractivity contribution in [1.82, 2.24) is 0 Å². The predicted octanol–water partition coefficient (Wildman–Crippen LogP) is 4.21. The fourth-order valence-electron chi connectivity index (χ4n) is 2.48. The second-order valence-corrected chi connectivity index (χ2v) is 5.53. The molecular weight excluding hydrogens is 246 g/mol. The van der Waals surface area contributed by atoms with E-state index < -0.39 is 0 Å². The van der Waals surface area contributed by atoms with E-state index in [0.29, 0.717) is 6.61 Å². The van der Waals surface area contributed by atoms with Gasteiger partial charge in [0.05, 0.1) is 0 Å². The van der Waals surface area contributed by atoms with Crippen molar-refractivity contribution in [1.29, 1.82) is 0 Å². The minimum atomic E-state index is 0.0291. The molecule has 0 bridgehead atoms. The lowest BCUT2D eigenvalue weighted by Gasteiger charge is -2.14. The minimum absolute atomic E-state index is 0.0291. The molecule has 0 aromatic heterocycles. The van der Waals surface area contributed by atoms with E-state index in [-0.39, 0.29) is 6.04 Å². The molecule has 0 aliphatic heterocycles. The van der Waals surface area contributed by atoms with Gasteiger partial charge in [0, 0.05) is 6.04 Å². The summed E-state index contributed by atoms with van der Waals surface area (Å²) in [5.74, 6) is 0.874. The molecule has 2 rings (SSSR count). The van der Waals surface area contributed by atoms with E-state index >= 15 is 0 Å². The van der Waals surface area contributed by atoms with Crippen LogP contribution in [-0.2, 0) is 6.61 Å². The third-order valence-corrected chi connectivity index (χ3v) is 3.61. The molecule has 0 saturated heterocycles. The molecule has 1 atom stereocenters. The number of rotatable bonds is 4. The summed E-state index contributed by atoms with van der Waals surface area (Å²) in [4.78, 5) is 0. The normalized spacial score (nSPS) is 12.2. The Bertz CT molecular complexity index is 579. The van der Waals surface area contributed by atoms with Crippen LogP contribution in [0, 0.1) is 20.8 Å². The first-order valence-corrected chi connectivity index (χ1v) is 7.02. The number of ether oxygens (including phenoxy) is 1. The van der Waals surface area contributed by atoms with E-state index in [1.54, 1.807) is 0 Å². The maximum atomic E-state index is 5.93. The fourth-order valence-corrected chi connectivity index (χ4v) is 2.48. The Balaban J connectivity index is 2.15. The molecule has 0 amide bonds. The maximum Gasteiger partial charge on any atom is 0.120 e. The number of hydrogen-bond acceptors (Lipinski definition) is 2. The third-order valence-electron chi connectivity index (χ3n) is 3.61. The molecule has 0 fully saturated rings. The quantitative estimate of drug-likeness (QED) is 0.902. The average molecular weight is 269 g/mol. The Morgan fingerprint density at radius 1 is 1.05 bits per heavy atom. The van der Waals surface area contributed by atoms with Crippen molar-refractivity contribution in [3.05, 3.63) is 64.2 Å². The lowest BCUT2D eigenvalue weighted by molar-refractivity contribution is 0.304. The SMILES string of the molecule is Cc1cc(C)c(COc2cccc([C@@H](C)N)c2)c(C)c1. The van der Waals surface area contributed by atoms with E-state index in [2.05, 4.69) is 32.9 Å². The van der Waals surface area contributed by atoms with Crippen LogP contribution in [0.25, 0.3) is 0 Å². The van der Waals surface area contributed by atoms with E-state index in [0.717, 1.165) is 11.3 Å². The lowest BCUT2D eigenvalue weighted by Crippen LogP contribution is -2.06. The van der Waals surface area contributed by atoms with Crippen molar-refractivity contribution in [2.45, 2.75) is 40.3 Å². The first-order valence-electron chi connectivity index (χ1n) is 7.02. The van der Waals surface area contributed by atoms with Crippen molar-refractivity contribution in [2.24, 2.45) is 5.73 Å². The van der Waals surface area contributed by atoms with Crippen LogP contribution >= 0.6 is 0 Å². The van der Waals surface area contributed by atoms with Crippen molar-refractivity contribution < 1.29 is 4.74 Å². The molecule has 0 unspecified atom stereocenters. The molecule has 106 valence electrons. The van der Waals surface area contributed by atoms with Crippen LogP contribution < -0.4 is 10.5 Å². The van der Waals surface area contributed by atoms with Crippen LogP contribution in [0.2, 0.25) is 0 Å². The molecule has 20 heavy (non-hydrogen) atoms. The summed E-state index contributed by atoms with van der Waals surface area (Å²) in [5, 5.41) is 0. The van der Waals surface area contributed by atoms with Crippen LogP contribution in [0.3, 0.4) is 0 Å². The Morgan fingerprint density at radius 3 is 2.30 bits per heavy atom. The average Bonchev–Trinajstić information content (AvgIpc) is 2.37. The summed E-state index contributed by atoms with van der Waals surface area (Å²) in [6, 6.07) is 12.4. The largest absolute Gasteiger partial charge is 0.489 e. The summed E-state index contributed by atoms with van der Waals surface area (Å²) >= 11 is 0. The molecule has 0 spiro atoms. The molecule has 2 N–H and O–H groups in total. The Labute approximate surface area is 121 Å². The van der Waals surface area contributed by atoms with Crippen LogP contribution in [0.5, 0.6) is 5.75 Å². The van der Waals surface area contributed by atoms with Crippen molar-refractivity contribution in [2.75, 3.05) is 0 Å². The summed E-state index contributed by atoms with van der Waals surface area (Å²) in [6.07, 6.45) is 0. The summed E-state index contributed by atoms with van der Waals surface area (Å²) in [5.41, 5.74) is 12.1. The van der Waals surface area contributed by atoms with Crippen LogP contribution in [0.4, 0.5) is 0 Å². The maximum absolute atomic E-state index is 5.93. The predicted molar refractivity (Wildman–Crippen MR) is 84.0 cm³/mol. The van der Waals surface area contributed by atoms with Gasteiger partial charge in [0.2, 0.25) is 0 Å². The highest BCUT2D eigenvalue weighted by molar-refractivity contribution is 5.38. The van der Waals surface area contributed by atoms with Gasteiger partial charge in [-0.25, -0.2) is 0 Å². The Hall–Kier alpha value is -1.80. The van der Waals surface area contributed by atoms with Gasteiger partial charge >= 0.3 is 0 Å². The second-order valence-electron chi connectivity index (χ2n) is 5.53. The highest BCUT2D eigenvalue weighted by Gasteiger charge is 2.06. The highest BCUT2D eigenvalue weighted by Crippen LogP contribution is 2.21. The van der Waals surface area contributed by atoms with Crippen molar-refractivity contribution in [3.8, 4) is 5.75 Å². The van der Waals surface area contributed by atoms with Crippen molar-refractivity contribution in [3.63, 3.8) is 0 Å².